The van der Waals surface area contributed by atoms with E-state index in [0.29, 0.717) is 5.75 Å². The molecule has 0 rings (SSSR count). The predicted octanol–water partition coefficient (Wildman–Crippen LogP) is 0.704. The molecule has 2 atom stereocenters. The lowest BCUT2D eigenvalue weighted by atomic mass is 10.3. The van der Waals surface area contributed by atoms with Gasteiger partial charge in [0.15, 0.2) is 5.78 Å². The summed E-state index contributed by atoms with van der Waals surface area (Å²) in [7, 11) is 1.50. The van der Waals surface area contributed by atoms with Crippen LogP contribution >= 0.6 is 11.8 Å². The van der Waals surface area contributed by atoms with E-state index in [1.807, 2.05) is 6.92 Å². The number of ether oxygens (including phenoxy) is 1. The molecular formula is C8H16O3S. The highest BCUT2D eigenvalue weighted by atomic mass is 32.2. The van der Waals surface area contributed by atoms with Gasteiger partial charge in [0.2, 0.25) is 0 Å². The molecule has 0 aromatic rings. The van der Waals surface area contributed by atoms with Crippen molar-refractivity contribution in [3.8, 4) is 0 Å². The van der Waals surface area contributed by atoms with Crippen LogP contribution in [0, 0.1) is 0 Å². The Kier molecular flexibility index (Phi) is 6.42. The molecule has 3 nitrogen and oxygen atoms in total. The van der Waals surface area contributed by atoms with Crippen molar-refractivity contribution in [3.63, 3.8) is 0 Å². The minimum atomic E-state index is -0.370. The smallest absolute Gasteiger partial charge is 0.168 e. The summed E-state index contributed by atoms with van der Waals surface area (Å²) in [5, 5.41) is 9.20. The zero-order chi connectivity index (χ0) is 9.56. The van der Waals surface area contributed by atoms with E-state index >= 15 is 0 Å². The van der Waals surface area contributed by atoms with E-state index in [4.69, 9.17) is 5.11 Å². The summed E-state index contributed by atoms with van der Waals surface area (Å²) >= 11 is 1.45. The van der Waals surface area contributed by atoms with Gasteiger partial charge >= 0.3 is 0 Å². The fourth-order valence-corrected chi connectivity index (χ4v) is 1.38. The van der Waals surface area contributed by atoms with Gasteiger partial charge in [-0.25, -0.2) is 0 Å². The maximum absolute atomic E-state index is 10.9. The Balaban J connectivity index is 3.47. The van der Waals surface area contributed by atoms with Crippen molar-refractivity contribution in [2.45, 2.75) is 25.2 Å². The molecule has 0 aliphatic heterocycles. The van der Waals surface area contributed by atoms with Crippen molar-refractivity contribution in [1.29, 1.82) is 0 Å². The van der Waals surface area contributed by atoms with Gasteiger partial charge in [0.1, 0.15) is 6.61 Å². The Hall–Kier alpha value is -0.0600. The van der Waals surface area contributed by atoms with Crippen LogP contribution < -0.4 is 0 Å². The molecule has 72 valence electrons. The summed E-state index contributed by atoms with van der Waals surface area (Å²) < 4.78 is 4.67. The molecule has 0 spiro atoms. The molecule has 0 radical (unpaired) electrons. The van der Waals surface area contributed by atoms with Gasteiger partial charge in [0.05, 0.1) is 11.9 Å². The SMILES string of the molecule is COCC(=O)CSC(C)C(C)O. The molecule has 0 saturated carbocycles. The van der Waals surface area contributed by atoms with Crippen LogP contribution in [0.4, 0.5) is 0 Å². The molecule has 0 aromatic carbocycles. The maximum atomic E-state index is 10.9. The quantitative estimate of drug-likeness (QED) is 0.673. The molecule has 12 heavy (non-hydrogen) atoms. The Bertz CT molecular complexity index is 136. The monoisotopic (exact) mass is 192 g/mol. The molecule has 0 bridgehead atoms. The van der Waals surface area contributed by atoms with E-state index in [9.17, 15) is 4.79 Å². The van der Waals surface area contributed by atoms with Crippen LogP contribution in [0.2, 0.25) is 0 Å². The Labute approximate surface area is 77.5 Å². The minimum Gasteiger partial charge on any atom is -0.392 e. The molecule has 0 saturated heterocycles. The third-order valence-corrected chi connectivity index (χ3v) is 2.90. The molecule has 0 aromatic heterocycles. The van der Waals surface area contributed by atoms with Crippen LogP contribution in [-0.4, -0.2) is 41.7 Å². The van der Waals surface area contributed by atoms with Crippen LogP contribution in [0.5, 0.6) is 0 Å². The third-order valence-electron chi connectivity index (χ3n) is 1.49. The number of aliphatic hydroxyl groups excluding tert-OH is 1. The number of aliphatic hydroxyl groups is 1. The second kappa shape index (κ2) is 6.46. The molecule has 2 unspecified atom stereocenters. The van der Waals surface area contributed by atoms with Crippen molar-refractivity contribution in [2.75, 3.05) is 19.5 Å². The van der Waals surface area contributed by atoms with Gasteiger partial charge in [0, 0.05) is 12.4 Å². The number of Topliss-reactive ketones (excluding diaryl/α,β-unsaturated/α-hetero) is 1. The topological polar surface area (TPSA) is 46.5 Å². The summed E-state index contributed by atoms with van der Waals surface area (Å²) in [4.78, 5) is 10.9. The zero-order valence-electron chi connectivity index (χ0n) is 7.74. The van der Waals surface area contributed by atoms with E-state index in [1.54, 1.807) is 6.92 Å². The number of rotatable bonds is 6. The Morgan fingerprint density at radius 2 is 2.17 bits per heavy atom. The van der Waals surface area contributed by atoms with E-state index in [1.165, 1.54) is 18.9 Å². The summed E-state index contributed by atoms with van der Waals surface area (Å²) in [6.07, 6.45) is -0.370. The van der Waals surface area contributed by atoms with Gasteiger partial charge in [0.25, 0.3) is 0 Å². The molecule has 0 aliphatic carbocycles. The van der Waals surface area contributed by atoms with Gasteiger partial charge in [-0.15, -0.1) is 11.8 Å². The molecular weight excluding hydrogens is 176 g/mol. The fourth-order valence-electron chi connectivity index (χ4n) is 0.566. The van der Waals surface area contributed by atoms with E-state index in [0.717, 1.165) is 0 Å². The van der Waals surface area contributed by atoms with Gasteiger partial charge < -0.3 is 9.84 Å². The summed E-state index contributed by atoms with van der Waals surface area (Å²) in [5.74, 6) is 0.481. The van der Waals surface area contributed by atoms with Crippen molar-refractivity contribution in [3.05, 3.63) is 0 Å². The van der Waals surface area contributed by atoms with Crippen molar-refractivity contribution in [2.24, 2.45) is 0 Å². The first-order valence-electron chi connectivity index (χ1n) is 3.88. The minimum absolute atomic E-state index is 0.0648. The number of carbonyl (C=O) groups excluding carboxylic acids is 1. The lowest BCUT2D eigenvalue weighted by molar-refractivity contribution is -0.120. The third kappa shape index (κ3) is 5.57. The highest BCUT2D eigenvalue weighted by Gasteiger charge is 2.11. The van der Waals surface area contributed by atoms with E-state index < -0.39 is 0 Å². The van der Waals surface area contributed by atoms with Crippen molar-refractivity contribution >= 4 is 17.5 Å². The molecule has 4 heteroatoms. The summed E-state index contributed by atoms with van der Waals surface area (Å²) in [6, 6.07) is 0. The highest BCUT2D eigenvalue weighted by Crippen LogP contribution is 2.13. The highest BCUT2D eigenvalue weighted by molar-refractivity contribution is 8.00. The Morgan fingerprint density at radius 1 is 1.58 bits per heavy atom. The van der Waals surface area contributed by atoms with E-state index in [-0.39, 0.29) is 23.7 Å². The standard InChI is InChI=1S/C8H16O3S/c1-6(9)7(2)12-5-8(10)4-11-3/h6-7,9H,4-5H2,1-3H3. The van der Waals surface area contributed by atoms with Gasteiger partial charge in [-0.05, 0) is 6.92 Å². The number of hydrogen-bond acceptors (Lipinski definition) is 4. The Morgan fingerprint density at radius 3 is 2.58 bits per heavy atom. The first-order chi connectivity index (χ1) is 5.57. The van der Waals surface area contributed by atoms with Gasteiger partial charge in [-0.2, -0.15) is 0 Å². The number of carbonyl (C=O) groups is 1. The summed E-state index contributed by atoms with van der Waals surface area (Å²) in [6.45, 7) is 3.79. The van der Waals surface area contributed by atoms with Crippen LogP contribution in [-0.2, 0) is 9.53 Å². The molecule has 0 fully saturated rings. The van der Waals surface area contributed by atoms with Crippen LogP contribution in [0.15, 0.2) is 0 Å². The normalized spacial score (nSPS) is 15.7. The lowest BCUT2D eigenvalue weighted by Crippen LogP contribution is -2.19. The molecule has 1 N–H and O–H groups in total. The average molecular weight is 192 g/mol. The van der Waals surface area contributed by atoms with Crippen LogP contribution in [0.3, 0.4) is 0 Å². The second-order valence-electron chi connectivity index (χ2n) is 2.73. The summed E-state index contributed by atoms with van der Waals surface area (Å²) in [5.41, 5.74) is 0. The number of ketones is 1. The number of hydrogen-bond donors (Lipinski definition) is 1. The van der Waals surface area contributed by atoms with E-state index in [2.05, 4.69) is 4.74 Å². The number of thioether (sulfide) groups is 1. The number of methoxy groups -OCH3 is 1. The molecule has 0 aliphatic rings. The predicted molar refractivity (Wildman–Crippen MR) is 50.5 cm³/mol. The maximum Gasteiger partial charge on any atom is 0.168 e. The van der Waals surface area contributed by atoms with Crippen molar-refractivity contribution in [1.82, 2.24) is 0 Å². The zero-order valence-corrected chi connectivity index (χ0v) is 8.56. The van der Waals surface area contributed by atoms with Crippen LogP contribution in [0.25, 0.3) is 0 Å². The fraction of sp³-hybridized carbons (Fsp3) is 0.875. The first kappa shape index (κ1) is 11.9. The van der Waals surface area contributed by atoms with Gasteiger partial charge in [-0.1, -0.05) is 6.92 Å². The van der Waals surface area contributed by atoms with Gasteiger partial charge in [-0.3, -0.25) is 4.79 Å². The second-order valence-corrected chi connectivity index (χ2v) is 4.09. The first-order valence-corrected chi connectivity index (χ1v) is 4.93. The largest absolute Gasteiger partial charge is 0.392 e. The molecule has 0 heterocycles. The lowest BCUT2D eigenvalue weighted by Gasteiger charge is -2.12. The molecule has 0 amide bonds. The average Bonchev–Trinajstić information content (AvgIpc) is 2.00. The van der Waals surface area contributed by atoms with Crippen molar-refractivity contribution < 1.29 is 14.6 Å². The van der Waals surface area contributed by atoms with Crippen LogP contribution in [0.1, 0.15) is 13.8 Å².